The van der Waals surface area contributed by atoms with E-state index in [0.29, 0.717) is 52.5 Å². The van der Waals surface area contributed by atoms with Crippen molar-refractivity contribution in [2.45, 2.75) is 39.0 Å². The van der Waals surface area contributed by atoms with Crippen molar-refractivity contribution in [2.75, 3.05) is 52.9 Å². The monoisotopic (exact) mass is 468 g/mol. The topological polar surface area (TPSA) is 46.2 Å². The lowest BCUT2D eigenvalue weighted by Crippen LogP contribution is -2.14. The molecule has 32 heavy (non-hydrogen) atoms. The van der Waals surface area contributed by atoms with Crippen molar-refractivity contribution >= 4 is 0 Å². The number of hydrogen-bond acceptors (Lipinski definition) is 5. The van der Waals surface area contributed by atoms with Gasteiger partial charge >= 0.3 is 0 Å². The van der Waals surface area contributed by atoms with E-state index < -0.39 is 34.8 Å². The SMILES string of the molecule is CCCOCCOCCOCCOCCC(Oc1c(F)c(F)c(F)c(F)c1F)=C1CCC1. The lowest BCUT2D eigenvalue weighted by Gasteiger charge is -2.23. The highest BCUT2D eigenvalue weighted by Gasteiger charge is 2.29. The molecule has 1 aliphatic rings. The van der Waals surface area contributed by atoms with E-state index in [1.54, 1.807) is 0 Å². The molecule has 0 spiro atoms. The number of allylic oxidation sites excluding steroid dienone is 1. The summed E-state index contributed by atoms with van der Waals surface area (Å²) in [6.07, 6.45) is 3.23. The zero-order valence-corrected chi connectivity index (χ0v) is 18.1. The van der Waals surface area contributed by atoms with Crippen molar-refractivity contribution in [1.29, 1.82) is 0 Å². The van der Waals surface area contributed by atoms with Gasteiger partial charge in [0.2, 0.25) is 34.8 Å². The Kier molecular flexibility index (Phi) is 11.9. The molecule has 1 saturated carbocycles. The van der Waals surface area contributed by atoms with Gasteiger partial charge in [-0.05, 0) is 31.3 Å². The number of benzene rings is 1. The van der Waals surface area contributed by atoms with Crippen LogP contribution in [-0.4, -0.2) is 52.9 Å². The Morgan fingerprint density at radius 3 is 1.50 bits per heavy atom. The van der Waals surface area contributed by atoms with Crippen LogP contribution >= 0.6 is 0 Å². The van der Waals surface area contributed by atoms with E-state index in [-0.39, 0.29) is 25.4 Å². The molecule has 0 saturated heterocycles. The predicted octanol–water partition coefficient (Wildman–Crippen LogP) is 5.07. The van der Waals surface area contributed by atoms with Gasteiger partial charge in [-0.25, -0.2) is 13.2 Å². The molecule has 0 aromatic heterocycles. The van der Waals surface area contributed by atoms with E-state index in [0.717, 1.165) is 18.4 Å². The fourth-order valence-corrected chi connectivity index (χ4v) is 2.80. The van der Waals surface area contributed by atoms with Gasteiger partial charge in [-0.2, -0.15) is 8.78 Å². The summed E-state index contributed by atoms with van der Waals surface area (Å²) in [6.45, 7) is 5.34. The van der Waals surface area contributed by atoms with Crippen molar-refractivity contribution in [2.24, 2.45) is 0 Å². The first-order valence-electron chi connectivity index (χ1n) is 10.7. The first-order chi connectivity index (χ1) is 15.5. The van der Waals surface area contributed by atoms with Gasteiger partial charge in [0.05, 0.1) is 46.2 Å². The smallest absolute Gasteiger partial charge is 0.207 e. The van der Waals surface area contributed by atoms with E-state index in [2.05, 4.69) is 0 Å². The largest absolute Gasteiger partial charge is 0.455 e. The van der Waals surface area contributed by atoms with Crippen LogP contribution in [0.3, 0.4) is 0 Å². The third kappa shape index (κ3) is 7.99. The van der Waals surface area contributed by atoms with E-state index in [4.69, 9.17) is 23.7 Å². The molecule has 5 nitrogen and oxygen atoms in total. The summed E-state index contributed by atoms with van der Waals surface area (Å²) in [7, 11) is 0. The zero-order valence-electron chi connectivity index (χ0n) is 18.1. The highest BCUT2D eigenvalue weighted by atomic mass is 19.2. The van der Waals surface area contributed by atoms with Gasteiger partial charge in [-0.1, -0.05) is 6.92 Å². The van der Waals surface area contributed by atoms with E-state index in [1.165, 1.54) is 0 Å². The zero-order chi connectivity index (χ0) is 23.3. The average Bonchev–Trinajstić information content (AvgIpc) is 2.75. The first kappa shape index (κ1) is 26.5. The summed E-state index contributed by atoms with van der Waals surface area (Å²) in [4.78, 5) is 0. The van der Waals surface area contributed by atoms with Crippen molar-refractivity contribution in [3.8, 4) is 5.75 Å². The van der Waals surface area contributed by atoms with Gasteiger partial charge in [-0.15, -0.1) is 0 Å². The Hall–Kier alpha value is -1.75. The second-order valence-corrected chi connectivity index (χ2v) is 7.08. The van der Waals surface area contributed by atoms with Crippen molar-refractivity contribution in [3.05, 3.63) is 40.4 Å². The Labute approximate surface area is 184 Å². The van der Waals surface area contributed by atoms with Crippen LogP contribution in [0.2, 0.25) is 0 Å². The van der Waals surface area contributed by atoms with Gasteiger partial charge in [0.1, 0.15) is 5.76 Å². The maximum atomic E-state index is 13.9. The lowest BCUT2D eigenvalue weighted by molar-refractivity contribution is -0.00191. The van der Waals surface area contributed by atoms with Crippen LogP contribution in [0.5, 0.6) is 5.75 Å². The Morgan fingerprint density at radius 1 is 0.625 bits per heavy atom. The molecule has 0 aliphatic heterocycles. The van der Waals surface area contributed by atoms with Crippen LogP contribution in [0, 0.1) is 29.1 Å². The summed E-state index contributed by atoms with van der Waals surface area (Å²) in [5.41, 5.74) is 0.772. The first-order valence-corrected chi connectivity index (χ1v) is 10.7. The number of ether oxygens (including phenoxy) is 5. The van der Waals surface area contributed by atoms with E-state index in [1.807, 2.05) is 6.92 Å². The van der Waals surface area contributed by atoms with Gasteiger partial charge < -0.3 is 23.7 Å². The number of hydrogen-bond donors (Lipinski definition) is 0. The molecule has 10 heteroatoms. The molecule has 1 aromatic carbocycles. The molecular formula is C22H29F5O5. The third-order valence-electron chi connectivity index (χ3n) is 4.68. The molecule has 1 fully saturated rings. The second kappa shape index (κ2) is 14.4. The van der Waals surface area contributed by atoms with Crippen molar-refractivity contribution < 1.29 is 45.6 Å². The molecule has 0 heterocycles. The predicted molar refractivity (Wildman–Crippen MR) is 106 cm³/mol. The minimum atomic E-state index is -2.22. The van der Waals surface area contributed by atoms with Crippen LogP contribution in [0.25, 0.3) is 0 Å². The summed E-state index contributed by atoms with van der Waals surface area (Å²) in [6, 6.07) is 0. The van der Waals surface area contributed by atoms with Crippen LogP contribution in [0.1, 0.15) is 39.0 Å². The minimum absolute atomic E-state index is 0.135. The Balaban J connectivity index is 1.69. The summed E-state index contributed by atoms with van der Waals surface area (Å²) in [5.74, 6) is -11.4. The van der Waals surface area contributed by atoms with Crippen molar-refractivity contribution in [3.63, 3.8) is 0 Å². The normalized spacial score (nSPS) is 13.4. The van der Waals surface area contributed by atoms with E-state index in [9.17, 15) is 22.0 Å². The minimum Gasteiger partial charge on any atom is -0.455 e. The van der Waals surface area contributed by atoms with Gasteiger partial charge in [0, 0.05) is 13.0 Å². The third-order valence-corrected chi connectivity index (χ3v) is 4.68. The van der Waals surface area contributed by atoms with Crippen LogP contribution < -0.4 is 4.74 Å². The van der Waals surface area contributed by atoms with Gasteiger partial charge in [-0.3, -0.25) is 0 Å². The number of halogens is 5. The van der Waals surface area contributed by atoms with Crippen LogP contribution in [0.4, 0.5) is 22.0 Å². The molecule has 0 atom stereocenters. The highest BCUT2D eigenvalue weighted by molar-refractivity contribution is 5.32. The standard InChI is InChI=1S/C22H29F5O5/c1-2-7-28-9-11-30-13-14-31-12-10-29-8-6-16(15-4-3-5-15)32-22-20(26)18(24)17(23)19(25)21(22)27/h2-14H2,1H3. The Morgan fingerprint density at radius 2 is 1.06 bits per heavy atom. The quantitative estimate of drug-likeness (QED) is 0.112. The summed E-state index contributed by atoms with van der Waals surface area (Å²) < 4.78 is 94.4. The van der Waals surface area contributed by atoms with Crippen molar-refractivity contribution in [1.82, 2.24) is 0 Å². The maximum absolute atomic E-state index is 13.9. The molecular weight excluding hydrogens is 439 g/mol. The average molecular weight is 468 g/mol. The molecule has 1 aromatic rings. The fraction of sp³-hybridized carbons (Fsp3) is 0.636. The molecule has 1 aliphatic carbocycles. The molecule has 0 amide bonds. The lowest BCUT2D eigenvalue weighted by atomic mass is 9.90. The molecule has 2 rings (SSSR count). The second-order valence-electron chi connectivity index (χ2n) is 7.08. The summed E-state index contributed by atoms with van der Waals surface area (Å²) >= 11 is 0. The maximum Gasteiger partial charge on any atom is 0.207 e. The van der Waals surface area contributed by atoms with Gasteiger partial charge in [0.25, 0.3) is 0 Å². The fourth-order valence-electron chi connectivity index (χ4n) is 2.80. The molecule has 182 valence electrons. The van der Waals surface area contributed by atoms with Gasteiger partial charge in [0.15, 0.2) is 0 Å². The molecule has 0 radical (unpaired) electrons. The molecule has 0 bridgehead atoms. The highest BCUT2D eigenvalue weighted by Crippen LogP contribution is 2.35. The molecule has 0 N–H and O–H groups in total. The van der Waals surface area contributed by atoms with Crippen LogP contribution in [-0.2, 0) is 18.9 Å². The van der Waals surface area contributed by atoms with Crippen LogP contribution in [0.15, 0.2) is 11.3 Å². The molecule has 0 unspecified atom stereocenters. The number of rotatable bonds is 16. The summed E-state index contributed by atoms with van der Waals surface area (Å²) in [5, 5.41) is 0. The Bertz CT molecular complexity index is 722. The van der Waals surface area contributed by atoms with E-state index >= 15 is 0 Å².